The molecule has 152 valence electrons. The molecule has 1 aliphatic rings. The van der Waals surface area contributed by atoms with Crippen molar-refractivity contribution in [1.29, 1.82) is 0 Å². The van der Waals surface area contributed by atoms with Crippen LogP contribution in [0.25, 0.3) is 5.57 Å². The number of benzene rings is 2. The number of anilines is 2. The fraction of sp³-hybridized carbons (Fsp3) is 0.0909. The first kappa shape index (κ1) is 20.0. The summed E-state index contributed by atoms with van der Waals surface area (Å²) in [6.07, 6.45) is 0. The Bertz CT molecular complexity index is 1120. The molecule has 3 aromatic rings. The van der Waals surface area contributed by atoms with E-state index in [9.17, 15) is 9.59 Å². The number of nitrogens with one attached hydrogen (secondary N) is 1. The van der Waals surface area contributed by atoms with Crippen LogP contribution in [0.1, 0.15) is 4.88 Å². The number of hydrogen-bond acceptors (Lipinski definition) is 6. The molecular weight excluding hydrogens is 424 g/mol. The molecule has 0 atom stereocenters. The number of thiophene rings is 1. The van der Waals surface area contributed by atoms with Crippen LogP contribution in [0.3, 0.4) is 0 Å². The predicted molar refractivity (Wildman–Crippen MR) is 118 cm³/mol. The van der Waals surface area contributed by atoms with Gasteiger partial charge in [0.05, 0.1) is 25.5 Å². The van der Waals surface area contributed by atoms with Crippen molar-refractivity contribution in [2.24, 2.45) is 0 Å². The molecule has 6 nitrogen and oxygen atoms in total. The number of rotatable bonds is 6. The Morgan fingerprint density at radius 2 is 1.60 bits per heavy atom. The van der Waals surface area contributed by atoms with Crippen LogP contribution in [0.2, 0.25) is 5.02 Å². The summed E-state index contributed by atoms with van der Waals surface area (Å²) >= 11 is 7.35. The minimum atomic E-state index is -0.451. The smallest absolute Gasteiger partial charge is 0.282 e. The lowest BCUT2D eigenvalue weighted by Crippen LogP contribution is -2.32. The summed E-state index contributed by atoms with van der Waals surface area (Å²) in [7, 11) is 3.09. The lowest BCUT2D eigenvalue weighted by atomic mass is 10.1. The van der Waals surface area contributed by atoms with Crippen LogP contribution in [0.5, 0.6) is 11.5 Å². The molecule has 0 saturated heterocycles. The van der Waals surface area contributed by atoms with Gasteiger partial charge in [0.25, 0.3) is 11.8 Å². The van der Waals surface area contributed by atoms with Gasteiger partial charge in [0.1, 0.15) is 17.2 Å². The first-order valence-corrected chi connectivity index (χ1v) is 10.2. The van der Waals surface area contributed by atoms with Crippen LogP contribution < -0.4 is 19.7 Å². The Labute approximate surface area is 182 Å². The Hall–Kier alpha value is -3.29. The van der Waals surface area contributed by atoms with Gasteiger partial charge in [-0.3, -0.25) is 9.59 Å². The number of methoxy groups -OCH3 is 2. The second-order valence-electron chi connectivity index (χ2n) is 6.38. The van der Waals surface area contributed by atoms with Gasteiger partial charge < -0.3 is 14.8 Å². The van der Waals surface area contributed by atoms with E-state index in [0.717, 1.165) is 4.90 Å². The van der Waals surface area contributed by atoms with Crippen molar-refractivity contribution in [2.45, 2.75) is 0 Å². The molecular formula is C22H17ClN2O4S. The second kappa shape index (κ2) is 8.22. The van der Waals surface area contributed by atoms with Crippen molar-refractivity contribution in [2.75, 3.05) is 24.4 Å². The van der Waals surface area contributed by atoms with Crippen LogP contribution in [-0.2, 0) is 9.59 Å². The fourth-order valence-electron chi connectivity index (χ4n) is 3.14. The molecule has 0 fully saturated rings. The van der Waals surface area contributed by atoms with E-state index in [0.29, 0.717) is 38.3 Å². The highest BCUT2D eigenvalue weighted by molar-refractivity contribution is 7.11. The topological polar surface area (TPSA) is 67.9 Å². The van der Waals surface area contributed by atoms with E-state index in [2.05, 4.69) is 5.32 Å². The number of imide groups is 1. The molecule has 1 aromatic heterocycles. The van der Waals surface area contributed by atoms with Gasteiger partial charge in [0.2, 0.25) is 0 Å². The first-order chi connectivity index (χ1) is 14.5. The number of nitrogens with zero attached hydrogens (tertiary/aromatic N) is 1. The van der Waals surface area contributed by atoms with E-state index in [4.69, 9.17) is 21.1 Å². The highest BCUT2D eigenvalue weighted by Crippen LogP contribution is 2.36. The van der Waals surface area contributed by atoms with Gasteiger partial charge in [-0.25, -0.2) is 4.90 Å². The standard InChI is InChI=1S/C22H17ClN2O4S/c1-28-16-10-14(11-17(12-16)29-2)24-20-19(18-4-3-9-30-18)21(26)25(22(20)27)15-7-5-13(23)6-8-15/h3-12,24H,1-2H3. The molecule has 0 spiro atoms. The monoisotopic (exact) mass is 440 g/mol. The molecule has 2 heterocycles. The highest BCUT2D eigenvalue weighted by atomic mass is 35.5. The van der Waals surface area contributed by atoms with E-state index < -0.39 is 11.8 Å². The molecule has 0 aliphatic carbocycles. The van der Waals surface area contributed by atoms with Gasteiger partial charge >= 0.3 is 0 Å². The quantitative estimate of drug-likeness (QED) is 0.557. The van der Waals surface area contributed by atoms with Crippen LogP contribution in [-0.4, -0.2) is 26.0 Å². The summed E-state index contributed by atoms with van der Waals surface area (Å²) in [5.41, 5.74) is 1.51. The van der Waals surface area contributed by atoms with E-state index >= 15 is 0 Å². The maximum absolute atomic E-state index is 13.3. The lowest BCUT2D eigenvalue weighted by molar-refractivity contribution is -0.120. The lowest BCUT2D eigenvalue weighted by Gasteiger charge is -2.15. The second-order valence-corrected chi connectivity index (χ2v) is 7.76. The molecule has 1 aliphatic heterocycles. The van der Waals surface area contributed by atoms with Crippen molar-refractivity contribution in [3.63, 3.8) is 0 Å². The summed E-state index contributed by atoms with van der Waals surface area (Å²) in [4.78, 5) is 28.4. The molecule has 2 aromatic carbocycles. The number of ether oxygens (including phenoxy) is 2. The van der Waals surface area contributed by atoms with Crippen molar-refractivity contribution in [1.82, 2.24) is 0 Å². The maximum atomic E-state index is 13.3. The molecule has 0 bridgehead atoms. The van der Waals surface area contributed by atoms with E-state index in [-0.39, 0.29) is 5.70 Å². The van der Waals surface area contributed by atoms with Crippen molar-refractivity contribution in [3.8, 4) is 11.5 Å². The molecule has 1 N–H and O–H groups in total. The Balaban J connectivity index is 1.79. The number of halogens is 1. The zero-order valence-electron chi connectivity index (χ0n) is 16.1. The van der Waals surface area contributed by atoms with E-state index in [1.165, 1.54) is 11.3 Å². The summed E-state index contributed by atoms with van der Waals surface area (Å²) < 4.78 is 10.6. The summed E-state index contributed by atoms with van der Waals surface area (Å²) in [5.74, 6) is 0.262. The molecule has 8 heteroatoms. The first-order valence-electron chi connectivity index (χ1n) is 8.94. The van der Waals surface area contributed by atoms with Gasteiger partial charge in [-0.05, 0) is 35.7 Å². The predicted octanol–water partition coefficient (Wildman–Crippen LogP) is 4.82. The Kier molecular flexibility index (Phi) is 5.48. The average Bonchev–Trinajstić information content (AvgIpc) is 3.35. The largest absolute Gasteiger partial charge is 0.497 e. The molecule has 4 rings (SSSR count). The van der Waals surface area contributed by atoms with Gasteiger partial charge in [-0.2, -0.15) is 0 Å². The molecule has 2 amide bonds. The minimum Gasteiger partial charge on any atom is -0.497 e. The third kappa shape index (κ3) is 3.65. The Morgan fingerprint density at radius 3 is 2.17 bits per heavy atom. The van der Waals surface area contributed by atoms with Gasteiger partial charge in [0.15, 0.2) is 0 Å². The van der Waals surface area contributed by atoms with Crippen molar-refractivity contribution < 1.29 is 19.1 Å². The van der Waals surface area contributed by atoms with Crippen LogP contribution in [0.15, 0.2) is 65.7 Å². The molecule has 30 heavy (non-hydrogen) atoms. The number of hydrogen-bond donors (Lipinski definition) is 1. The normalized spacial score (nSPS) is 13.8. The van der Waals surface area contributed by atoms with Crippen LogP contribution >= 0.6 is 22.9 Å². The molecule has 0 unspecified atom stereocenters. The third-order valence-corrected chi connectivity index (χ3v) is 5.70. The Morgan fingerprint density at radius 1 is 0.933 bits per heavy atom. The van der Waals surface area contributed by atoms with Gasteiger partial charge in [-0.1, -0.05) is 17.7 Å². The van der Waals surface area contributed by atoms with Gasteiger partial charge in [-0.15, -0.1) is 11.3 Å². The number of carbonyl (C=O) groups excluding carboxylic acids is 2. The number of carbonyl (C=O) groups is 2. The van der Waals surface area contributed by atoms with Crippen LogP contribution in [0.4, 0.5) is 11.4 Å². The summed E-state index contributed by atoms with van der Waals surface area (Å²) in [6.45, 7) is 0. The number of amides is 2. The summed E-state index contributed by atoms with van der Waals surface area (Å²) in [5, 5.41) is 5.49. The van der Waals surface area contributed by atoms with Crippen LogP contribution in [0, 0.1) is 0 Å². The van der Waals surface area contributed by atoms with Gasteiger partial charge in [0, 0.05) is 33.8 Å². The molecule has 0 saturated carbocycles. The highest BCUT2D eigenvalue weighted by Gasteiger charge is 2.40. The fourth-order valence-corrected chi connectivity index (χ4v) is 4.04. The van der Waals surface area contributed by atoms with Crippen molar-refractivity contribution >= 4 is 51.7 Å². The SMILES string of the molecule is COc1cc(NC2=C(c3cccs3)C(=O)N(c3ccc(Cl)cc3)C2=O)cc(OC)c1. The summed E-state index contributed by atoms with van der Waals surface area (Å²) in [6, 6.07) is 15.4. The minimum absolute atomic E-state index is 0.188. The zero-order valence-corrected chi connectivity index (χ0v) is 17.7. The van der Waals surface area contributed by atoms with E-state index in [1.54, 1.807) is 56.7 Å². The average molecular weight is 441 g/mol. The maximum Gasteiger partial charge on any atom is 0.282 e. The third-order valence-electron chi connectivity index (χ3n) is 4.56. The molecule has 0 radical (unpaired) electrons. The van der Waals surface area contributed by atoms with Crippen molar-refractivity contribution in [3.05, 3.63) is 75.6 Å². The van der Waals surface area contributed by atoms with E-state index in [1.807, 2.05) is 17.5 Å². The zero-order chi connectivity index (χ0) is 21.3.